The van der Waals surface area contributed by atoms with Crippen molar-refractivity contribution < 1.29 is 19.0 Å². The van der Waals surface area contributed by atoms with Gasteiger partial charge in [0.05, 0.1) is 19.8 Å². The summed E-state index contributed by atoms with van der Waals surface area (Å²) < 4.78 is 16.0. The van der Waals surface area contributed by atoms with Crippen LogP contribution < -0.4 is 4.74 Å². The second-order valence-electron chi connectivity index (χ2n) is 11.5. The number of carbonyl (C=O) groups excluding carboxylic acids is 1. The van der Waals surface area contributed by atoms with E-state index in [9.17, 15) is 4.79 Å². The van der Waals surface area contributed by atoms with E-state index in [1.165, 1.54) is 43.5 Å². The van der Waals surface area contributed by atoms with Gasteiger partial charge in [0.1, 0.15) is 12.4 Å². The lowest BCUT2D eigenvalue weighted by molar-refractivity contribution is 0.0322. The predicted octanol–water partition coefficient (Wildman–Crippen LogP) is 4.84. The zero-order chi connectivity index (χ0) is 30.0. The molecule has 3 saturated heterocycles. The molecule has 0 N–H and O–H groups in total. The van der Waals surface area contributed by atoms with Gasteiger partial charge in [-0.2, -0.15) is 0 Å². The normalized spacial score (nSPS) is 17.9. The number of ether oxygens (including phenoxy) is 3. The number of benzene rings is 2. The first-order valence-electron chi connectivity index (χ1n) is 15.7. The number of hydrogen-bond donors (Lipinski definition) is 0. The molecule has 5 rings (SSSR count). The topological polar surface area (TPSA) is 57.7 Å². The average molecular weight is 599 g/mol. The highest BCUT2D eigenvalue weighted by Gasteiger charge is 2.20. The van der Waals surface area contributed by atoms with Gasteiger partial charge in [-0.05, 0) is 71.1 Å². The van der Waals surface area contributed by atoms with Crippen LogP contribution in [0.4, 0.5) is 0 Å². The fourth-order valence-corrected chi connectivity index (χ4v) is 5.04. The summed E-state index contributed by atoms with van der Waals surface area (Å²) in [5, 5.41) is 0. The summed E-state index contributed by atoms with van der Waals surface area (Å²) in [4.78, 5) is 21.2. The fourth-order valence-electron chi connectivity index (χ4n) is 5.04. The minimum Gasteiger partial charge on any atom is -0.492 e. The van der Waals surface area contributed by atoms with Gasteiger partial charge >= 0.3 is 0 Å². The van der Waals surface area contributed by atoms with Crippen LogP contribution >= 0.6 is 0 Å². The third-order valence-corrected chi connectivity index (χ3v) is 7.95. The number of piperidine rings is 1. The van der Waals surface area contributed by atoms with Crippen molar-refractivity contribution >= 4 is 5.91 Å². The van der Waals surface area contributed by atoms with Crippen molar-refractivity contribution in [2.75, 3.05) is 106 Å². The molecule has 8 heteroatoms. The largest absolute Gasteiger partial charge is 0.492 e. The Balaban J connectivity index is 0.000000229. The molecule has 3 heterocycles. The number of rotatable bonds is 8. The minimum atomic E-state index is 0. The zero-order valence-corrected chi connectivity index (χ0v) is 26.6. The van der Waals surface area contributed by atoms with Crippen LogP contribution in [0, 0.1) is 13.8 Å². The number of methoxy groups -OCH3 is 1. The standard InChI is InChI=1S/C13H18N2O.C13H19NO2.C8H17NO.CH4/c1-11-3-5-12(6-4-11)13(16)15-9-7-14(2)8-10-15;1-12-2-4-13(5-3-12)16-11-8-14-6-9-15-10-7-14;1-10-8-7-9-5-3-2-4-6-9;/h3-6H,7-10H2,1-2H3;2-5H,6-11H2,1H3;2-8H2,1H3;1H4. The smallest absolute Gasteiger partial charge is 0.253 e. The van der Waals surface area contributed by atoms with E-state index >= 15 is 0 Å². The van der Waals surface area contributed by atoms with Gasteiger partial charge in [-0.3, -0.25) is 9.69 Å². The van der Waals surface area contributed by atoms with E-state index in [4.69, 9.17) is 14.2 Å². The molecule has 0 saturated carbocycles. The molecular formula is C35H58N4O4. The van der Waals surface area contributed by atoms with Crippen molar-refractivity contribution in [2.24, 2.45) is 0 Å². The summed E-state index contributed by atoms with van der Waals surface area (Å²) in [7, 11) is 3.86. The molecule has 0 aliphatic carbocycles. The molecule has 1 amide bonds. The molecule has 3 aliphatic heterocycles. The summed E-state index contributed by atoms with van der Waals surface area (Å²) in [5.41, 5.74) is 3.26. The van der Waals surface area contributed by atoms with E-state index in [2.05, 4.69) is 40.8 Å². The minimum absolute atomic E-state index is 0. The third kappa shape index (κ3) is 14.7. The maximum Gasteiger partial charge on any atom is 0.253 e. The maximum absolute atomic E-state index is 12.1. The fraction of sp³-hybridized carbons (Fsp3) is 0.629. The van der Waals surface area contributed by atoms with E-state index in [0.717, 1.165) is 90.1 Å². The molecule has 3 fully saturated rings. The lowest BCUT2D eigenvalue weighted by Gasteiger charge is -2.32. The first-order valence-corrected chi connectivity index (χ1v) is 15.7. The Morgan fingerprint density at radius 3 is 1.84 bits per heavy atom. The molecule has 0 aromatic heterocycles. The molecule has 0 bridgehead atoms. The highest BCUT2D eigenvalue weighted by Crippen LogP contribution is 2.12. The Morgan fingerprint density at radius 2 is 1.26 bits per heavy atom. The molecule has 0 unspecified atom stereocenters. The number of likely N-dealkylation sites (tertiary alicyclic amines) is 1. The first kappa shape index (κ1) is 36.7. The van der Waals surface area contributed by atoms with Crippen LogP contribution in [0.25, 0.3) is 0 Å². The molecule has 0 atom stereocenters. The van der Waals surface area contributed by atoms with Crippen molar-refractivity contribution in [1.82, 2.24) is 19.6 Å². The highest BCUT2D eigenvalue weighted by atomic mass is 16.5. The summed E-state index contributed by atoms with van der Waals surface area (Å²) in [6.45, 7) is 17.8. The second-order valence-corrected chi connectivity index (χ2v) is 11.5. The number of hydrogen-bond acceptors (Lipinski definition) is 7. The molecule has 43 heavy (non-hydrogen) atoms. The molecule has 8 nitrogen and oxygen atoms in total. The van der Waals surface area contributed by atoms with Gasteiger partial charge in [0.2, 0.25) is 0 Å². The number of morpholine rings is 1. The van der Waals surface area contributed by atoms with Gasteiger partial charge < -0.3 is 28.9 Å². The van der Waals surface area contributed by atoms with Crippen LogP contribution in [0.5, 0.6) is 5.75 Å². The van der Waals surface area contributed by atoms with Crippen LogP contribution in [0.2, 0.25) is 0 Å². The lowest BCUT2D eigenvalue weighted by Crippen LogP contribution is -2.47. The zero-order valence-electron chi connectivity index (χ0n) is 26.6. The van der Waals surface area contributed by atoms with Gasteiger partial charge in [-0.1, -0.05) is 49.2 Å². The number of nitrogens with zero attached hydrogens (tertiary/aromatic N) is 4. The number of likely N-dealkylation sites (N-methyl/N-ethyl adjacent to an activating group) is 1. The van der Waals surface area contributed by atoms with E-state index in [0.29, 0.717) is 0 Å². The van der Waals surface area contributed by atoms with Gasteiger partial charge in [-0.15, -0.1) is 0 Å². The molecule has 2 aromatic carbocycles. The Kier molecular flexibility index (Phi) is 18.1. The monoisotopic (exact) mass is 598 g/mol. The second kappa shape index (κ2) is 21.3. The van der Waals surface area contributed by atoms with Crippen LogP contribution in [0.15, 0.2) is 48.5 Å². The summed E-state index contributed by atoms with van der Waals surface area (Å²) >= 11 is 0. The first-order chi connectivity index (χ1) is 20.4. The van der Waals surface area contributed by atoms with Gasteiger partial charge in [0.25, 0.3) is 5.91 Å². The van der Waals surface area contributed by atoms with Crippen molar-refractivity contribution in [3.05, 3.63) is 65.2 Å². The van der Waals surface area contributed by atoms with Gasteiger partial charge in [-0.25, -0.2) is 0 Å². The van der Waals surface area contributed by atoms with Gasteiger partial charge in [0, 0.05) is 65.0 Å². The van der Waals surface area contributed by atoms with Crippen LogP contribution in [0.3, 0.4) is 0 Å². The van der Waals surface area contributed by atoms with Crippen LogP contribution in [-0.4, -0.2) is 132 Å². The SMILES string of the molecule is C.COCCN1CCCCC1.Cc1ccc(C(=O)N2CCN(C)CC2)cc1.Cc1ccc(OCCN2CCOCC2)cc1. The molecule has 242 valence electrons. The lowest BCUT2D eigenvalue weighted by atomic mass is 10.1. The number of carbonyl (C=O) groups is 1. The molecule has 0 radical (unpaired) electrons. The quantitative estimate of drug-likeness (QED) is 0.431. The van der Waals surface area contributed by atoms with Crippen LogP contribution in [-0.2, 0) is 9.47 Å². The summed E-state index contributed by atoms with van der Waals surface area (Å²) in [6.07, 6.45) is 4.18. The number of aryl methyl sites for hydroxylation is 2. The highest BCUT2D eigenvalue weighted by molar-refractivity contribution is 5.94. The molecular weight excluding hydrogens is 540 g/mol. The Bertz CT molecular complexity index is 982. The Morgan fingerprint density at radius 1 is 0.721 bits per heavy atom. The molecule has 2 aromatic rings. The molecule has 3 aliphatic rings. The Labute approximate surface area is 261 Å². The van der Waals surface area contributed by atoms with Crippen molar-refractivity contribution in [3.8, 4) is 5.75 Å². The third-order valence-electron chi connectivity index (χ3n) is 7.95. The Hall–Kier alpha value is -2.49. The van der Waals surface area contributed by atoms with E-state index in [1.807, 2.05) is 48.2 Å². The van der Waals surface area contributed by atoms with Crippen molar-refractivity contribution in [2.45, 2.75) is 40.5 Å². The van der Waals surface area contributed by atoms with E-state index in [-0.39, 0.29) is 13.3 Å². The number of piperazine rings is 1. The maximum atomic E-state index is 12.1. The summed E-state index contributed by atoms with van der Waals surface area (Å²) in [5.74, 6) is 1.12. The van der Waals surface area contributed by atoms with E-state index < -0.39 is 0 Å². The van der Waals surface area contributed by atoms with Gasteiger partial charge in [0.15, 0.2) is 0 Å². The number of amides is 1. The van der Waals surface area contributed by atoms with E-state index in [1.54, 1.807) is 7.11 Å². The summed E-state index contributed by atoms with van der Waals surface area (Å²) in [6, 6.07) is 16.0. The average Bonchev–Trinajstić information content (AvgIpc) is 3.03. The predicted molar refractivity (Wildman–Crippen MR) is 177 cm³/mol. The van der Waals surface area contributed by atoms with Crippen LogP contribution in [0.1, 0.15) is 48.2 Å². The van der Waals surface area contributed by atoms with Crippen molar-refractivity contribution in [3.63, 3.8) is 0 Å². The molecule has 0 spiro atoms. The van der Waals surface area contributed by atoms with Crippen molar-refractivity contribution in [1.29, 1.82) is 0 Å².